The van der Waals surface area contributed by atoms with Gasteiger partial charge in [-0.25, -0.2) is 0 Å². The molecule has 0 aliphatic carbocycles. The normalized spacial score (nSPS) is 14.3. The summed E-state index contributed by atoms with van der Waals surface area (Å²) in [6.07, 6.45) is 0.566. The van der Waals surface area contributed by atoms with E-state index in [0.717, 1.165) is 54.3 Å². The van der Waals surface area contributed by atoms with Gasteiger partial charge in [-0.2, -0.15) is 0 Å². The maximum atomic E-state index is 13.0. The molecule has 0 saturated heterocycles. The molecule has 0 aliphatic heterocycles. The molecule has 0 aliphatic rings. The van der Waals surface area contributed by atoms with E-state index >= 15 is 0 Å². The van der Waals surface area contributed by atoms with Crippen molar-refractivity contribution in [3.05, 3.63) is 111 Å². The monoisotopic (exact) mass is 559 g/mol. The van der Waals surface area contributed by atoms with E-state index in [1.807, 2.05) is 24.3 Å². The number of rotatable bonds is 8. The van der Waals surface area contributed by atoms with Crippen LogP contribution in [0.25, 0.3) is 20.9 Å². The molecule has 0 unspecified atom stereocenters. The number of hydrogen-bond acceptors (Lipinski definition) is 4. The first-order chi connectivity index (χ1) is 17.4. The molecule has 5 rings (SSSR count). The average Bonchev–Trinajstić information content (AvgIpc) is 3.37. The van der Waals surface area contributed by atoms with Crippen molar-refractivity contribution in [2.24, 2.45) is 0 Å². The van der Waals surface area contributed by atoms with Crippen molar-refractivity contribution in [2.75, 3.05) is 27.7 Å². The topological polar surface area (TPSA) is 32.7 Å². The van der Waals surface area contributed by atoms with Crippen LogP contribution in [0, 0.1) is 0 Å². The molecule has 0 bridgehead atoms. The van der Waals surface area contributed by atoms with Gasteiger partial charge in [0.05, 0.1) is 7.11 Å². The lowest BCUT2D eigenvalue weighted by atomic mass is 9.71. The minimum atomic E-state index is -1.18. The minimum absolute atomic E-state index is 0.343. The fourth-order valence-corrected chi connectivity index (χ4v) is 6.56. The third-order valence-corrected chi connectivity index (χ3v) is 8.41. The molecule has 1 aromatic heterocycles. The van der Waals surface area contributed by atoms with E-state index in [1.54, 1.807) is 18.4 Å². The van der Waals surface area contributed by atoms with Crippen LogP contribution in [0.1, 0.15) is 29.0 Å². The summed E-state index contributed by atoms with van der Waals surface area (Å²) in [6.45, 7) is 0.739. The molecule has 0 spiro atoms. The van der Waals surface area contributed by atoms with Gasteiger partial charge in [0, 0.05) is 32.8 Å². The average molecular weight is 561 g/mol. The van der Waals surface area contributed by atoms with E-state index in [1.165, 1.54) is 0 Å². The van der Waals surface area contributed by atoms with Gasteiger partial charge in [-0.15, -0.1) is 11.3 Å². The van der Waals surface area contributed by atoms with E-state index in [-0.39, 0.29) is 5.92 Å². The van der Waals surface area contributed by atoms with E-state index in [9.17, 15) is 5.11 Å². The predicted molar refractivity (Wildman–Crippen MR) is 155 cm³/mol. The molecule has 36 heavy (non-hydrogen) atoms. The van der Waals surface area contributed by atoms with Gasteiger partial charge in [0.15, 0.2) is 0 Å². The molecule has 3 nitrogen and oxygen atoms in total. The Kier molecular flexibility index (Phi) is 7.18. The zero-order valence-corrected chi connectivity index (χ0v) is 23.1. The van der Waals surface area contributed by atoms with Crippen LogP contribution in [-0.4, -0.2) is 37.8 Å². The molecule has 0 amide bonds. The number of ether oxygens (including phenoxy) is 1. The number of nitrogens with zero attached hydrogens (tertiary/aromatic N) is 1. The van der Waals surface area contributed by atoms with Crippen LogP contribution in [0.4, 0.5) is 0 Å². The Balaban J connectivity index is 1.83. The summed E-state index contributed by atoms with van der Waals surface area (Å²) in [4.78, 5) is 2.14. The second-order valence-electron chi connectivity index (χ2n) is 9.55. The van der Waals surface area contributed by atoms with Crippen molar-refractivity contribution in [2.45, 2.75) is 17.9 Å². The molecular weight excluding hydrogens is 530 g/mol. The molecule has 184 valence electrons. The van der Waals surface area contributed by atoms with Crippen molar-refractivity contribution >= 4 is 48.1 Å². The molecular formula is C31H30BrNO2S. The SMILES string of the molecule is COc1cc2ccc(Br)cc2cc1[C@@H](c1ccccc1)[C@@](O)(CCN(C)C)c1cccc2ccsc12. The van der Waals surface area contributed by atoms with E-state index in [0.29, 0.717) is 6.42 Å². The fourth-order valence-electron chi connectivity index (χ4n) is 5.19. The molecule has 5 aromatic rings. The first-order valence-corrected chi connectivity index (χ1v) is 13.7. The highest BCUT2D eigenvalue weighted by atomic mass is 79.9. The Morgan fingerprint density at radius 2 is 1.72 bits per heavy atom. The number of halogens is 1. The van der Waals surface area contributed by atoms with Crippen LogP contribution in [0.15, 0.2) is 94.8 Å². The summed E-state index contributed by atoms with van der Waals surface area (Å²) >= 11 is 5.32. The van der Waals surface area contributed by atoms with E-state index in [4.69, 9.17) is 4.74 Å². The Hall–Kier alpha value is -2.70. The first kappa shape index (κ1) is 25.0. The number of hydrogen-bond donors (Lipinski definition) is 1. The fraction of sp³-hybridized carbons (Fsp3) is 0.226. The Morgan fingerprint density at radius 3 is 2.47 bits per heavy atom. The zero-order chi connectivity index (χ0) is 25.3. The number of methoxy groups -OCH3 is 1. The van der Waals surface area contributed by atoms with Crippen LogP contribution in [-0.2, 0) is 5.60 Å². The van der Waals surface area contributed by atoms with Crippen molar-refractivity contribution in [1.82, 2.24) is 4.90 Å². The van der Waals surface area contributed by atoms with Crippen LogP contribution < -0.4 is 4.74 Å². The van der Waals surface area contributed by atoms with Crippen molar-refractivity contribution < 1.29 is 9.84 Å². The summed E-state index contributed by atoms with van der Waals surface area (Å²) in [5.74, 6) is 0.435. The first-order valence-electron chi connectivity index (χ1n) is 12.1. The van der Waals surface area contributed by atoms with Gasteiger partial charge in [-0.05, 0) is 78.0 Å². The van der Waals surface area contributed by atoms with Crippen LogP contribution in [0.3, 0.4) is 0 Å². The molecule has 1 heterocycles. The van der Waals surface area contributed by atoms with Gasteiger partial charge in [-0.1, -0.05) is 70.5 Å². The lowest BCUT2D eigenvalue weighted by Crippen LogP contribution is -2.37. The molecule has 0 saturated carbocycles. The summed E-state index contributed by atoms with van der Waals surface area (Å²) in [5, 5.41) is 18.4. The smallest absolute Gasteiger partial charge is 0.123 e. The van der Waals surface area contributed by atoms with Gasteiger partial charge in [0.25, 0.3) is 0 Å². The second kappa shape index (κ2) is 10.3. The third-order valence-electron chi connectivity index (χ3n) is 6.96. The molecule has 2 atom stereocenters. The van der Waals surface area contributed by atoms with Crippen molar-refractivity contribution in [3.8, 4) is 5.75 Å². The summed E-state index contributed by atoms with van der Waals surface area (Å²) in [5.41, 5.74) is 1.81. The zero-order valence-electron chi connectivity index (χ0n) is 20.7. The number of fused-ring (bicyclic) bond motifs is 2. The lowest BCUT2D eigenvalue weighted by Gasteiger charge is -2.39. The molecule has 4 aromatic carbocycles. The van der Waals surface area contributed by atoms with Gasteiger partial charge in [0.1, 0.15) is 11.4 Å². The Morgan fingerprint density at radius 1 is 0.917 bits per heavy atom. The van der Waals surface area contributed by atoms with Crippen molar-refractivity contribution in [1.29, 1.82) is 0 Å². The van der Waals surface area contributed by atoms with Gasteiger partial charge in [-0.3, -0.25) is 0 Å². The van der Waals surface area contributed by atoms with Crippen LogP contribution >= 0.6 is 27.3 Å². The standard InChI is InChI=1S/C31H30BrNO2S/c1-33(2)16-15-31(34,27-11-7-10-22-14-17-36-30(22)27)29(21-8-5-4-6-9-21)26-19-24-18-25(32)13-12-23(24)20-28(26)35-3/h4-14,17-20,29,34H,15-16H2,1-3H3/t29-,31-/m1/s1. The molecule has 0 fully saturated rings. The van der Waals surface area contributed by atoms with Gasteiger partial charge in [0.2, 0.25) is 0 Å². The second-order valence-corrected chi connectivity index (χ2v) is 11.4. The van der Waals surface area contributed by atoms with Crippen molar-refractivity contribution in [3.63, 3.8) is 0 Å². The quantitative estimate of drug-likeness (QED) is 0.210. The third kappa shape index (κ3) is 4.69. The van der Waals surface area contributed by atoms with Crippen LogP contribution in [0.5, 0.6) is 5.75 Å². The highest BCUT2D eigenvalue weighted by Gasteiger charge is 2.43. The largest absolute Gasteiger partial charge is 0.496 e. The molecule has 0 radical (unpaired) electrons. The van der Waals surface area contributed by atoms with Crippen LogP contribution in [0.2, 0.25) is 0 Å². The highest BCUT2D eigenvalue weighted by Crippen LogP contribution is 2.50. The van der Waals surface area contributed by atoms with E-state index < -0.39 is 5.60 Å². The van der Waals surface area contributed by atoms with Gasteiger partial charge < -0.3 is 14.7 Å². The molecule has 1 N–H and O–H groups in total. The minimum Gasteiger partial charge on any atom is -0.496 e. The molecule has 5 heteroatoms. The number of thiophene rings is 1. The number of benzene rings is 4. The summed E-state index contributed by atoms with van der Waals surface area (Å²) in [7, 11) is 5.82. The van der Waals surface area contributed by atoms with E-state index in [2.05, 4.69) is 101 Å². The Bertz CT molecular complexity index is 1500. The maximum Gasteiger partial charge on any atom is 0.123 e. The summed E-state index contributed by atoms with van der Waals surface area (Å²) < 4.78 is 8.13. The lowest BCUT2D eigenvalue weighted by molar-refractivity contribution is 0.00548. The summed E-state index contributed by atoms with van der Waals surface area (Å²) in [6, 6.07) is 29.3. The predicted octanol–water partition coefficient (Wildman–Crippen LogP) is 7.80. The van der Waals surface area contributed by atoms with Gasteiger partial charge >= 0.3 is 0 Å². The maximum absolute atomic E-state index is 13.0. The number of aliphatic hydroxyl groups is 1. The highest BCUT2D eigenvalue weighted by molar-refractivity contribution is 9.10. The Labute approximate surface area is 225 Å².